The molecule has 2 atom stereocenters. The number of carbonyl (C=O) groups is 1. The van der Waals surface area contributed by atoms with Crippen LogP contribution in [0, 0.1) is 0 Å². The summed E-state index contributed by atoms with van der Waals surface area (Å²) in [6.07, 6.45) is 2.84. The first-order valence-electron chi connectivity index (χ1n) is 8.36. The molecule has 3 rings (SSSR count). The zero-order valence-corrected chi connectivity index (χ0v) is 17.1. The van der Waals surface area contributed by atoms with Crippen LogP contribution in [0.2, 0.25) is 15.1 Å². The van der Waals surface area contributed by atoms with Crippen LogP contribution < -0.4 is 5.32 Å². The van der Waals surface area contributed by atoms with Gasteiger partial charge in [0, 0.05) is 26.2 Å². The number of aromatic nitrogens is 3. The van der Waals surface area contributed by atoms with Gasteiger partial charge in [-0.05, 0) is 43.3 Å². The maximum absolute atomic E-state index is 12.6. The van der Waals surface area contributed by atoms with Crippen LogP contribution in [0.25, 0.3) is 0 Å². The number of nitrogens with zero attached hydrogens (tertiary/aromatic N) is 3. The highest BCUT2D eigenvalue weighted by atomic mass is 35.5. The molecule has 1 heterocycles. The lowest BCUT2D eigenvalue weighted by Gasteiger charge is -2.35. The van der Waals surface area contributed by atoms with E-state index in [2.05, 4.69) is 15.4 Å². The molecule has 9 heteroatoms. The van der Waals surface area contributed by atoms with Crippen molar-refractivity contribution in [2.75, 3.05) is 0 Å². The zero-order chi connectivity index (χ0) is 20.3. The van der Waals surface area contributed by atoms with E-state index in [9.17, 15) is 9.90 Å². The molecule has 0 unspecified atom stereocenters. The van der Waals surface area contributed by atoms with Crippen molar-refractivity contribution in [3.05, 3.63) is 81.3 Å². The van der Waals surface area contributed by atoms with Crippen LogP contribution in [0.4, 0.5) is 0 Å². The summed E-state index contributed by atoms with van der Waals surface area (Å²) in [5, 5.41) is 19.7. The molecule has 3 aromatic rings. The van der Waals surface area contributed by atoms with Gasteiger partial charge < -0.3 is 10.4 Å². The Hall–Kier alpha value is -2.12. The third-order valence-corrected chi connectivity index (χ3v) is 5.24. The fourth-order valence-corrected chi connectivity index (χ4v) is 3.56. The van der Waals surface area contributed by atoms with Gasteiger partial charge in [0.2, 0.25) is 0 Å². The Morgan fingerprint density at radius 3 is 2.46 bits per heavy atom. The van der Waals surface area contributed by atoms with Crippen molar-refractivity contribution in [3.8, 4) is 0 Å². The van der Waals surface area contributed by atoms with E-state index in [1.807, 2.05) is 0 Å². The van der Waals surface area contributed by atoms with Crippen molar-refractivity contribution in [3.63, 3.8) is 0 Å². The Bertz CT molecular complexity index is 964. The minimum atomic E-state index is -1.57. The Balaban J connectivity index is 1.93. The molecule has 2 N–H and O–H groups in total. The standard InChI is InChI=1S/C19H17Cl3N4O2/c1-12(25-18(27)13-2-4-14(20)5-3-13)19(28,9-26-11-23-10-24-26)16-7-6-15(21)8-17(16)22/h2-8,10-12,28H,9H2,1H3,(H,25,27)/t12-,19-/m0/s1. The van der Waals surface area contributed by atoms with E-state index in [4.69, 9.17) is 34.8 Å². The van der Waals surface area contributed by atoms with Crippen molar-refractivity contribution < 1.29 is 9.90 Å². The summed E-state index contributed by atoms with van der Waals surface area (Å²) in [7, 11) is 0. The van der Waals surface area contributed by atoms with E-state index >= 15 is 0 Å². The lowest BCUT2D eigenvalue weighted by atomic mass is 9.86. The van der Waals surface area contributed by atoms with Crippen molar-refractivity contribution in [2.24, 2.45) is 0 Å². The molecule has 28 heavy (non-hydrogen) atoms. The molecule has 0 radical (unpaired) electrons. The molecular formula is C19H17Cl3N4O2. The lowest BCUT2D eigenvalue weighted by molar-refractivity contribution is -0.0155. The third kappa shape index (κ3) is 4.47. The second kappa shape index (κ2) is 8.49. The van der Waals surface area contributed by atoms with Crippen LogP contribution in [-0.4, -0.2) is 31.8 Å². The van der Waals surface area contributed by atoms with Crippen molar-refractivity contribution in [2.45, 2.75) is 25.1 Å². The number of carbonyl (C=O) groups excluding carboxylic acids is 1. The molecule has 0 bridgehead atoms. The van der Waals surface area contributed by atoms with E-state index < -0.39 is 11.6 Å². The van der Waals surface area contributed by atoms with Crippen LogP contribution in [0.1, 0.15) is 22.8 Å². The molecule has 0 fully saturated rings. The molecule has 2 aromatic carbocycles. The van der Waals surface area contributed by atoms with Crippen molar-refractivity contribution in [1.82, 2.24) is 20.1 Å². The number of halogens is 3. The maximum Gasteiger partial charge on any atom is 0.251 e. The van der Waals surface area contributed by atoms with Gasteiger partial charge in [0.05, 0.1) is 12.6 Å². The van der Waals surface area contributed by atoms with Gasteiger partial charge in [0.15, 0.2) is 0 Å². The molecule has 0 aliphatic heterocycles. The monoisotopic (exact) mass is 438 g/mol. The molecule has 0 saturated carbocycles. The fourth-order valence-electron chi connectivity index (χ4n) is 2.86. The topological polar surface area (TPSA) is 80.0 Å². The first-order valence-corrected chi connectivity index (χ1v) is 9.50. The summed E-state index contributed by atoms with van der Waals surface area (Å²) >= 11 is 18.2. The van der Waals surface area contributed by atoms with E-state index in [0.29, 0.717) is 21.2 Å². The Labute approximate surface area is 177 Å². The van der Waals surface area contributed by atoms with Crippen molar-refractivity contribution in [1.29, 1.82) is 0 Å². The van der Waals surface area contributed by atoms with Gasteiger partial charge in [0.25, 0.3) is 5.91 Å². The normalized spacial score (nSPS) is 14.3. The zero-order valence-electron chi connectivity index (χ0n) is 14.8. The summed E-state index contributed by atoms with van der Waals surface area (Å²) < 4.78 is 1.47. The minimum absolute atomic E-state index is 0.0242. The van der Waals surface area contributed by atoms with Gasteiger partial charge >= 0.3 is 0 Å². The van der Waals surface area contributed by atoms with Crippen LogP contribution in [0.3, 0.4) is 0 Å². The molecule has 0 aliphatic carbocycles. The summed E-state index contributed by atoms with van der Waals surface area (Å²) in [6.45, 7) is 1.71. The van der Waals surface area contributed by atoms with E-state index in [1.54, 1.807) is 49.4 Å². The predicted molar refractivity (Wildman–Crippen MR) is 109 cm³/mol. The number of rotatable bonds is 6. The number of benzene rings is 2. The second-order valence-electron chi connectivity index (χ2n) is 6.34. The number of hydrogen-bond acceptors (Lipinski definition) is 4. The summed E-state index contributed by atoms with van der Waals surface area (Å²) in [4.78, 5) is 16.5. The SMILES string of the molecule is C[C@H](NC(=O)c1ccc(Cl)cc1)[C@@](O)(Cn1cncn1)c1ccc(Cl)cc1Cl. The minimum Gasteiger partial charge on any atom is -0.381 e. The van der Waals surface area contributed by atoms with Crippen LogP contribution in [0.15, 0.2) is 55.1 Å². The van der Waals surface area contributed by atoms with Crippen LogP contribution in [0.5, 0.6) is 0 Å². The lowest BCUT2D eigenvalue weighted by Crippen LogP contribution is -2.51. The predicted octanol–water partition coefficient (Wildman–Crippen LogP) is 3.94. The Kier molecular flexibility index (Phi) is 6.25. The molecule has 1 aromatic heterocycles. The highest BCUT2D eigenvalue weighted by Gasteiger charge is 2.39. The number of hydrogen-bond donors (Lipinski definition) is 2. The van der Waals surface area contributed by atoms with Gasteiger partial charge in [-0.1, -0.05) is 40.9 Å². The average Bonchev–Trinajstić information content (AvgIpc) is 3.14. The molecule has 1 amide bonds. The van der Waals surface area contributed by atoms with Crippen LogP contribution in [-0.2, 0) is 12.1 Å². The van der Waals surface area contributed by atoms with E-state index in [1.165, 1.54) is 17.3 Å². The molecule has 0 spiro atoms. The van der Waals surface area contributed by atoms with Gasteiger partial charge in [-0.15, -0.1) is 0 Å². The number of nitrogens with one attached hydrogen (secondary N) is 1. The maximum atomic E-state index is 12.6. The first-order chi connectivity index (χ1) is 13.3. The summed E-state index contributed by atoms with van der Waals surface area (Å²) in [5.41, 5.74) is -0.739. The largest absolute Gasteiger partial charge is 0.381 e. The molecular weight excluding hydrogens is 423 g/mol. The molecule has 0 saturated heterocycles. The number of amides is 1. The fraction of sp³-hybridized carbons (Fsp3) is 0.211. The van der Waals surface area contributed by atoms with Gasteiger partial charge in [-0.2, -0.15) is 5.10 Å². The van der Waals surface area contributed by atoms with E-state index in [-0.39, 0.29) is 17.5 Å². The third-order valence-electron chi connectivity index (χ3n) is 4.44. The molecule has 0 aliphatic rings. The smallest absolute Gasteiger partial charge is 0.251 e. The molecule has 6 nitrogen and oxygen atoms in total. The van der Waals surface area contributed by atoms with Gasteiger partial charge in [0.1, 0.15) is 18.3 Å². The highest BCUT2D eigenvalue weighted by Crippen LogP contribution is 2.34. The van der Waals surface area contributed by atoms with Gasteiger partial charge in [-0.3, -0.25) is 4.79 Å². The van der Waals surface area contributed by atoms with Gasteiger partial charge in [-0.25, -0.2) is 9.67 Å². The molecule has 146 valence electrons. The quantitative estimate of drug-likeness (QED) is 0.609. The van der Waals surface area contributed by atoms with Crippen molar-refractivity contribution >= 4 is 40.7 Å². The van der Waals surface area contributed by atoms with Crippen LogP contribution >= 0.6 is 34.8 Å². The number of aliphatic hydroxyl groups is 1. The Morgan fingerprint density at radius 2 is 1.86 bits per heavy atom. The summed E-state index contributed by atoms with van der Waals surface area (Å²) in [6, 6.07) is 10.5. The Morgan fingerprint density at radius 1 is 1.18 bits per heavy atom. The van der Waals surface area contributed by atoms with E-state index in [0.717, 1.165) is 0 Å². The highest BCUT2D eigenvalue weighted by molar-refractivity contribution is 6.35. The second-order valence-corrected chi connectivity index (χ2v) is 7.62. The first kappa shape index (κ1) is 20.6. The average molecular weight is 440 g/mol. The summed E-state index contributed by atoms with van der Waals surface area (Å²) in [5.74, 6) is -0.355.